The number of hydrogen-bond donors (Lipinski definition) is 0. The molecule has 2 aromatic rings. The molecule has 2 rings (SSSR count). The Bertz CT molecular complexity index is 639. The van der Waals surface area contributed by atoms with Crippen molar-refractivity contribution < 1.29 is 9.13 Å². The first-order valence-corrected chi connectivity index (χ1v) is 11.0. The first kappa shape index (κ1) is 22.4. The number of unbranched alkanes of at least 4 members (excludes halogenated alkanes) is 4. The maximum absolute atomic E-state index is 13.7. The van der Waals surface area contributed by atoms with E-state index < -0.39 is 6.17 Å². The molecule has 0 bridgehead atoms. The van der Waals surface area contributed by atoms with Gasteiger partial charge >= 0.3 is 0 Å². The molecular formula is C25H36FNO. The second-order valence-electron chi connectivity index (χ2n) is 7.62. The lowest BCUT2D eigenvalue weighted by atomic mass is 10.0. The van der Waals surface area contributed by atoms with E-state index in [2.05, 4.69) is 43.1 Å². The van der Waals surface area contributed by atoms with E-state index in [1.54, 1.807) is 0 Å². The van der Waals surface area contributed by atoms with Crippen LogP contribution in [0.1, 0.15) is 77.2 Å². The number of nitrogens with zero attached hydrogens (tertiary/aromatic N) is 1. The zero-order valence-corrected chi connectivity index (χ0v) is 17.6. The van der Waals surface area contributed by atoms with Crippen LogP contribution in [0.15, 0.2) is 42.6 Å². The van der Waals surface area contributed by atoms with Crippen molar-refractivity contribution in [2.24, 2.45) is 0 Å². The molecule has 1 aromatic carbocycles. The van der Waals surface area contributed by atoms with Crippen LogP contribution >= 0.6 is 0 Å². The van der Waals surface area contributed by atoms with Gasteiger partial charge in [-0.25, -0.2) is 4.39 Å². The molecule has 1 unspecified atom stereocenters. The molecule has 0 spiro atoms. The van der Waals surface area contributed by atoms with Crippen molar-refractivity contribution >= 4 is 0 Å². The van der Waals surface area contributed by atoms with Gasteiger partial charge in [-0.05, 0) is 68.0 Å². The third-order valence-corrected chi connectivity index (χ3v) is 5.10. The Balaban J connectivity index is 1.76. The largest absolute Gasteiger partial charge is 0.494 e. The highest BCUT2D eigenvalue weighted by Gasteiger charge is 2.06. The quantitative estimate of drug-likeness (QED) is 0.313. The summed E-state index contributed by atoms with van der Waals surface area (Å²) in [6.45, 7) is 5.10. The van der Waals surface area contributed by atoms with E-state index in [0.717, 1.165) is 55.7 Å². The van der Waals surface area contributed by atoms with E-state index >= 15 is 0 Å². The highest BCUT2D eigenvalue weighted by atomic mass is 19.1. The summed E-state index contributed by atoms with van der Waals surface area (Å²) in [4.78, 5) is 4.59. The van der Waals surface area contributed by atoms with Crippen LogP contribution in [0.4, 0.5) is 4.39 Å². The summed E-state index contributed by atoms with van der Waals surface area (Å²) in [5, 5.41) is 0. The van der Waals surface area contributed by atoms with Gasteiger partial charge in [0.05, 0.1) is 12.3 Å². The lowest BCUT2D eigenvalue weighted by Crippen LogP contribution is -2.01. The smallest absolute Gasteiger partial charge is 0.119 e. The van der Waals surface area contributed by atoms with Gasteiger partial charge in [0.2, 0.25) is 0 Å². The second kappa shape index (κ2) is 13.3. The normalized spacial score (nSPS) is 12.1. The van der Waals surface area contributed by atoms with Crippen molar-refractivity contribution in [1.82, 2.24) is 4.98 Å². The molecule has 0 saturated heterocycles. The van der Waals surface area contributed by atoms with Gasteiger partial charge in [-0.3, -0.25) is 4.98 Å². The molecule has 2 nitrogen and oxygen atoms in total. The summed E-state index contributed by atoms with van der Waals surface area (Å²) >= 11 is 0. The minimum atomic E-state index is -0.653. The van der Waals surface area contributed by atoms with Crippen molar-refractivity contribution in [2.45, 2.75) is 84.2 Å². The summed E-state index contributed by atoms with van der Waals surface area (Å²) in [7, 11) is 0. The summed E-state index contributed by atoms with van der Waals surface area (Å²) < 4.78 is 19.5. The molecule has 0 saturated carbocycles. The highest BCUT2D eigenvalue weighted by molar-refractivity contribution is 5.60. The maximum Gasteiger partial charge on any atom is 0.119 e. The molecule has 3 heteroatoms. The van der Waals surface area contributed by atoms with Gasteiger partial charge in [-0.1, -0.05) is 52.0 Å². The number of rotatable bonds is 14. The van der Waals surface area contributed by atoms with Crippen molar-refractivity contribution in [3.05, 3.63) is 48.2 Å². The van der Waals surface area contributed by atoms with Gasteiger partial charge in [-0.15, -0.1) is 0 Å². The number of ether oxygens (including phenoxy) is 1. The van der Waals surface area contributed by atoms with Gasteiger partial charge in [0.25, 0.3) is 0 Å². The Labute approximate surface area is 170 Å². The van der Waals surface area contributed by atoms with Crippen molar-refractivity contribution in [3.8, 4) is 17.0 Å². The topological polar surface area (TPSA) is 22.1 Å². The molecule has 0 N–H and O–H groups in total. The fraction of sp³-hybridized carbons (Fsp3) is 0.560. The Kier molecular flexibility index (Phi) is 10.6. The number of halogens is 1. The molecule has 0 aliphatic rings. The summed E-state index contributed by atoms with van der Waals surface area (Å²) in [6.07, 6.45) is 11.3. The molecule has 1 heterocycles. The first-order chi connectivity index (χ1) is 13.7. The molecule has 1 aromatic heterocycles. The molecule has 1 atom stereocenters. The highest BCUT2D eigenvalue weighted by Crippen LogP contribution is 2.22. The SMILES string of the molecule is CCCCCCOc1ccc(-c2ccc(CCCC(F)CCCC)cn2)cc1. The fourth-order valence-electron chi connectivity index (χ4n) is 3.28. The van der Waals surface area contributed by atoms with Gasteiger partial charge in [0.1, 0.15) is 11.9 Å². The third kappa shape index (κ3) is 8.41. The van der Waals surface area contributed by atoms with E-state index in [4.69, 9.17) is 4.74 Å². The van der Waals surface area contributed by atoms with E-state index in [1.165, 1.54) is 24.8 Å². The van der Waals surface area contributed by atoms with Crippen LogP contribution in [0.25, 0.3) is 11.3 Å². The Morgan fingerprint density at radius 2 is 1.61 bits per heavy atom. The molecule has 28 heavy (non-hydrogen) atoms. The van der Waals surface area contributed by atoms with Crippen LogP contribution in [0.5, 0.6) is 5.75 Å². The Hall–Kier alpha value is -1.90. The first-order valence-electron chi connectivity index (χ1n) is 11.0. The zero-order valence-electron chi connectivity index (χ0n) is 17.6. The molecule has 0 amide bonds. The minimum absolute atomic E-state index is 0.653. The van der Waals surface area contributed by atoms with E-state index in [0.29, 0.717) is 12.8 Å². The van der Waals surface area contributed by atoms with Crippen molar-refractivity contribution in [3.63, 3.8) is 0 Å². The lowest BCUT2D eigenvalue weighted by molar-refractivity contribution is 0.284. The van der Waals surface area contributed by atoms with Gasteiger partial charge in [0, 0.05) is 11.8 Å². The molecule has 0 aliphatic heterocycles. The van der Waals surface area contributed by atoms with E-state index in [-0.39, 0.29) is 0 Å². The molecule has 0 radical (unpaired) electrons. The van der Waals surface area contributed by atoms with Crippen LogP contribution in [0.3, 0.4) is 0 Å². The van der Waals surface area contributed by atoms with Gasteiger partial charge < -0.3 is 4.74 Å². The van der Waals surface area contributed by atoms with Crippen LogP contribution in [-0.2, 0) is 6.42 Å². The second-order valence-corrected chi connectivity index (χ2v) is 7.62. The van der Waals surface area contributed by atoms with Crippen LogP contribution in [0, 0.1) is 0 Å². The van der Waals surface area contributed by atoms with Crippen molar-refractivity contribution in [1.29, 1.82) is 0 Å². The van der Waals surface area contributed by atoms with E-state index in [1.807, 2.05) is 18.3 Å². The van der Waals surface area contributed by atoms with Crippen LogP contribution in [0.2, 0.25) is 0 Å². The predicted molar refractivity (Wildman–Crippen MR) is 117 cm³/mol. The molecule has 0 aliphatic carbocycles. The minimum Gasteiger partial charge on any atom is -0.494 e. The number of alkyl halides is 1. The summed E-state index contributed by atoms with van der Waals surface area (Å²) in [5.74, 6) is 0.917. The fourth-order valence-corrected chi connectivity index (χ4v) is 3.28. The third-order valence-electron chi connectivity index (χ3n) is 5.10. The molecular weight excluding hydrogens is 349 g/mol. The van der Waals surface area contributed by atoms with E-state index in [9.17, 15) is 4.39 Å². The number of pyridine rings is 1. The average Bonchev–Trinajstić information content (AvgIpc) is 2.73. The standard InChI is InChI=1S/C25H36FNO/c1-3-5-7-8-19-28-24-16-14-22(15-17-24)25-18-13-21(20-27-25)10-9-12-23(26)11-6-4-2/h13-18,20,23H,3-12,19H2,1-2H3. The maximum atomic E-state index is 13.7. The zero-order chi connectivity index (χ0) is 20.0. The number of aryl methyl sites for hydroxylation is 1. The van der Waals surface area contributed by atoms with Crippen LogP contribution < -0.4 is 4.74 Å². The average molecular weight is 386 g/mol. The number of hydrogen-bond acceptors (Lipinski definition) is 2. The van der Waals surface area contributed by atoms with Gasteiger partial charge in [-0.2, -0.15) is 0 Å². The number of aromatic nitrogens is 1. The Morgan fingerprint density at radius 3 is 2.29 bits per heavy atom. The van der Waals surface area contributed by atoms with Crippen LogP contribution in [-0.4, -0.2) is 17.8 Å². The lowest BCUT2D eigenvalue weighted by Gasteiger charge is -2.08. The number of benzene rings is 1. The Morgan fingerprint density at radius 1 is 0.857 bits per heavy atom. The van der Waals surface area contributed by atoms with Crippen molar-refractivity contribution in [2.75, 3.05) is 6.61 Å². The molecule has 0 fully saturated rings. The van der Waals surface area contributed by atoms with Gasteiger partial charge in [0.15, 0.2) is 0 Å². The summed E-state index contributed by atoms with van der Waals surface area (Å²) in [6, 6.07) is 12.3. The monoisotopic (exact) mass is 385 g/mol. The summed E-state index contributed by atoms with van der Waals surface area (Å²) in [5.41, 5.74) is 3.23. The predicted octanol–water partition coefficient (Wildman–Crippen LogP) is 7.56. The molecule has 154 valence electrons.